The number of H-pyrrole nitrogens is 1. The number of rotatable bonds is 4. The van der Waals surface area contributed by atoms with Gasteiger partial charge in [-0.25, -0.2) is 4.39 Å². The Hall–Kier alpha value is -2.26. The second-order valence-corrected chi connectivity index (χ2v) is 8.16. The fourth-order valence-corrected chi connectivity index (χ4v) is 4.90. The molecule has 0 spiro atoms. The molecule has 0 fully saturated rings. The van der Waals surface area contributed by atoms with Crippen molar-refractivity contribution in [2.75, 3.05) is 19.1 Å². The van der Waals surface area contributed by atoms with Crippen molar-refractivity contribution in [3.8, 4) is 11.5 Å². The quantitative estimate of drug-likeness (QED) is 0.648. The molecule has 3 heterocycles. The summed E-state index contributed by atoms with van der Waals surface area (Å²) in [6.45, 7) is 3.10. The second-order valence-electron chi connectivity index (χ2n) is 6.50. The molecule has 1 amide bonds. The van der Waals surface area contributed by atoms with Crippen LogP contribution >= 0.6 is 23.5 Å². The summed E-state index contributed by atoms with van der Waals surface area (Å²) in [7, 11) is 0. The molecular weight excluding hydrogens is 397 g/mol. The van der Waals surface area contributed by atoms with E-state index in [2.05, 4.69) is 25.8 Å². The van der Waals surface area contributed by atoms with Gasteiger partial charge in [0.25, 0.3) is 5.91 Å². The average molecular weight is 418 g/mol. The van der Waals surface area contributed by atoms with E-state index in [-0.39, 0.29) is 17.8 Å². The van der Waals surface area contributed by atoms with E-state index in [1.54, 1.807) is 28.4 Å². The number of benzene rings is 1. The van der Waals surface area contributed by atoms with Crippen LogP contribution in [0.15, 0.2) is 40.3 Å². The number of nitrogens with one attached hydrogen (secondary N) is 1. The minimum atomic E-state index is -0.354. The van der Waals surface area contributed by atoms with Crippen molar-refractivity contribution in [3.05, 3.63) is 47.5 Å². The first-order valence-corrected chi connectivity index (χ1v) is 11.3. The first kappa shape index (κ1) is 19.1. The number of halogens is 1. The van der Waals surface area contributed by atoms with Crippen LogP contribution < -0.4 is 0 Å². The first-order valence-electron chi connectivity index (χ1n) is 8.84. The molecule has 4 rings (SSSR count). The van der Waals surface area contributed by atoms with E-state index in [1.165, 1.54) is 29.2 Å². The summed E-state index contributed by atoms with van der Waals surface area (Å²) in [6.07, 6.45) is 4.09. The summed E-state index contributed by atoms with van der Waals surface area (Å²) in [5, 5.41) is 9.87. The molecule has 0 unspecified atom stereocenters. The molecule has 146 valence electrons. The highest BCUT2D eigenvalue weighted by atomic mass is 32.2. The van der Waals surface area contributed by atoms with Crippen LogP contribution in [0.4, 0.5) is 4.39 Å². The van der Waals surface area contributed by atoms with Gasteiger partial charge in [-0.1, -0.05) is 0 Å². The van der Waals surface area contributed by atoms with Gasteiger partial charge in [-0.15, -0.1) is 33.7 Å². The fourth-order valence-electron chi connectivity index (χ4n) is 3.46. The molecule has 6 nitrogen and oxygen atoms in total. The fraction of sp³-hybridized carbons (Fsp3) is 0.316. The van der Waals surface area contributed by atoms with Crippen molar-refractivity contribution in [2.45, 2.75) is 29.4 Å². The maximum absolute atomic E-state index is 13.2. The molecule has 28 heavy (non-hydrogen) atoms. The Bertz CT molecular complexity index is 993. The Morgan fingerprint density at radius 3 is 2.57 bits per heavy atom. The van der Waals surface area contributed by atoms with Crippen molar-refractivity contribution in [2.24, 2.45) is 0 Å². The van der Waals surface area contributed by atoms with Gasteiger partial charge in [0.2, 0.25) is 0 Å². The van der Waals surface area contributed by atoms with E-state index < -0.39 is 0 Å². The first-order chi connectivity index (χ1) is 13.5. The van der Waals surface area contributed by atoms with Gasteiger partial charge in [0.1, 0.15) is 5.82 Å². The van der Waals surface area contributed by atoms with Crippen molar-refractivity contribution in [1.82, 2.24) is 24.6 Å². The number of hydrogen-bond donors (Lipinski definition) is 1. The predicted octanol–water partition coefficient (Wildman–Crippen LogP) is 4.07. The number of carbonyl (C=O) groups is 1. The zero-order valence-corrected chi connectivity index (χ0v) is 17.4. The number of aromatic nitrogens is 4. The summed E-state index contributed by atoms with van der Waals surface area (Å²) in [5.41, 5.74) is 1.40. The van der Waals surface area contributed by atoms with Crippen molar-refractivity contribution in [1.29, 1.82) is 0 Å². The molecular formula is C19H20FN5OS2. The summed E-state index contributed by atoms with van der Waals surface area (Å²) < 4.78 is 15.2. The Kier molecular flexibility index (Phi) is 5.20. The number of nitrogens with zero attached hydrogens (tertiary/aromatic N) is 4. The molecule has 1 N–H and O–H groups in total. The lowest BCUT2D eigenvalue weighted by Gasteiger charge is -2.33. The number of hydrogen-bond acceptors (Lipinski definition) is 5. The Labute approximate surface area is 170 Å². The maximum atomic E-state index is 13.2. The Balaban J connectivity index is 1.63. The van der Waals surface area contributed by atoms with Gasteiger partial charge in [0.05, 0.1) is 16.8 Å². The van der Waals surface area contributed by atoms with Crippen LogP contribution in [0.1, 0.15) is 29.1 Å². The zero-order chi connectivity index (χ0) is 19.8. The van der Waals surface area contributed by atoms with Crippen LogP contribution in [0.5, 0.6) is 0 Å². The van der Waals surface area contributed by atoms with Gasteiger partial charge in [0.15, 0.2) is 11.6 Å². The van der Waals surface area contributed by atoms with Crippen LogP contribution in [-0.4, -0.2) is 49.6 Å². The number of carbonyl (C=O) groups excluding carboxylic acids is 1. The van der Waals surface area contributed by atoms with Crippen molar-refractivity contribution >= 4 is 29.4 Å². The van der Waals surface area contributed by atoms with Crippen molar-refractivity contribution in [3.63, 3.8) is 0 Å². The van der Waals surface area contributed by atoms with E-state index in [9.17, 15) is 9.18 Å². The summed E-state index contributed by atoms with van der Waals surface area (Å²) in [6, 6.07) is 7.52. The van der Waals surface area contributed by atoms with Crippen LogP contribution in [0.2, 0.25) is 0 Å². The Morgan fingerprint density at radius 1 is 1.18 bits per heavy atom. The molecule has 1 atom stereocenters. The van der Waals surface area contributed by atoms with Gasteiger partial charge in [-0.3, -0.25) is 4.79 Å². The molecule has 0 bridgehead atoms. The van der Waals surface area contributed by atoms with Gasteiger partial charge in [0, 0.05) is 23.5 Å². The summed E-state index contributed by atoms with van der Waals surface area (Å²) >= 11 is 3.36. The molecule has 1 aliphatic heterocycles. The van der Waals surface area contributed by atoms with E-state index in [4.69, 9.17) is 0 Å². The lowest BCUT2D eigenvalue weighted by atomic mass is 10.1. The largest absolute Gasteiger partial charge is 0.346 e. The highest BCUT2D eigenvalue weighted by molar-refractivity contribution is 8.01. The van der Waals surface area contributed by atoms with E-state index in [0.29, 0.717) is 18.7 Å². The summed E-state index contributed by atoms with van der Waals surface area (Å²) in [4.78, 5) is 19.2. The number of thioether (sulfide) groups is 2. The van der Waals surface area contributed by atoms with E-state index in [1.807, 2.05) is 19.4 Å². The van der Waals surface area contributed by atoms with Crippen LogP contribution in [0, 0.1) is 5.82 Å². The maximum Gasteiger partial charge on any atom is 0.254 e. The van der Waals surface area contributed by atoms with Gasteiger partial charge >= 0.3 is 0 Å². The third-order valence-electron chi connectivity index (χ3n) is 4.95. The monoisotopic (exact) mass is 417 g/mol. The molecule has 1 aliphatic rings. The topological polar surface area (TPSA) is 66.8 Å². The Morgan fingerprint density at radius 2 is 1.93 bits per heavy atom. The molecule has 2 aromatic heterocycles. The highest BCUT2D eigenvalue weighted by Gasteiger charge is 2.32. The highest BCUT2D eigenvalue weighted by Crippen LogP contribution is 2.34. The van der Waals surface area contributed by atoms with Crippen molar-refractivity contribution < 1.29 is 9.18 Å². The minimum absolute atomic E-state index is 0.127. The molecule has 3 aromatic rings. The van der Waals surface area contributed by atoms with E-state index >= 15 is 0 Å². The van der Waals surface area contributed by atoms with Gasteiger partial charge in [-0.05, 0) is 49.8 Å². The number of aromatic amines is 1. The van der Waals surface area contributed by atoms with Crippen LogP contribution in [0.3, 0.4) is 0 Å². The smallest absolute Gasteiger partial charge is 0.254 e. The molecule has 0 saturated heterocycles. The zero-order valence-electron chi connectivity index (χ0n) is 15.8. The van der Waals surface area contributed by atoms with Gasteiger partial charge in [-0.2, -0.15) is 0 Å². The standard InChI is InChI=1S/C19H20FN5OS2/c1-11-16-22-23-17(14-10-15(27-2)18(21-14)28-3)25(16)9-8-24(11)19(26)12-4-6-13(20)7-5-12/h4-7,10-11,21H,8-9H2,1-3H3/t11-/m1/s1. The third kappa shape index (κ3) is 3.22. The lowest BCUT2D eigenvalue weighted by Crippen LogP contribution is -2.41. The van der Waals surface area contributed by atoms with Gasteiger partial charge < -0.3 is 14.5 Å². The lowest BCUT2D eigenvalue weighted by molar-refractivity contribution is 0.0638. The average Bonchev–Trinajstić information content (AvgIpc) is 3.32. The number of fused-ring (bicyclic) bond motifs is 1. The van der Waals surface area contributed by atoms with Crippen LogP contribution in [0.25, 0.3) is 11.5 Å². The third-order valence-corrected chi connectivity index (χ3v) is 6.57. The normalized spacial score (nSPS) is 16.3. The number of amides is 1. The predicted molar refractivity (Wildman–Crippen MR) is 109 cm³/mol. The molecule has 0 aliphatic carbocycles. The van der Waals surface area contributed by atoms with E-state index in [0.717, 1.165) is 22.4 Å². The molecule has 9 heteroatoms. The molecule has 0 saturated carbocycles. The molecule has 1 aromatic carbocycles. The second kappa shape index (κ2) is 7.63. The minimum Gasteiger partial charge on any atom is -0.346 e. The SMILES string of the molecule is CSc1cc(-c2nnc3n2CCN(C(=O)c2ccc(F)cc2)[C@@H]3C)[nH]c1SC. The summed E-state index contributed by atoms with van der Waals surface area (Å²) in [5.74, 6) is 1.05. The molecule has 0 radical (unpaired) electrons. The van der Waals surface area contributed by atoms with Crippen LogP contribution in [-0.2, 0) is 6.54 Å².